The Balaban J connectivity index is 1.44. The molecule has 160 valence electrons. The molecule has 0 atom stereocenters. The van der Waals surface area contributed by atoms with E-state index in [2.05, 4.69) is 10.6 Å². The maximum Gasteiger partial charge on any atom is 0.259 e. The number of anilines is 2. The summed E-state index contributed by atoms with van der Waals surface area (Å²) >= 11 is 0. The zero-order chi connectivity index (χ0) is 21.8. The number of amides is 2. The summed E-state index contributed by atoms with van der Waals surface area (Å²) in [4.78, 5) is 25.0. The van der Waals surface area contributed by atoms with E-state index in [-0.39, 0.29) is 11.6 Å². The third-order valence-corrected chi connectivity index (χ3v) is 5.83. The van der Waals surface area contributed by atoms with Crippen LogP contribution >= 0.6 is 0 Å². The van der Waals surface area contributed by atoms with Gasteiger partial charge in [-0.15, -0.1) is 0 Å². The van der Waals surface area contributed by atoms with E-state index in [0.29, 0.717) is 28.5 Å². The number of benzene rings is 2. The fraction of sp³-hybridized carbons (Fsp3) is 0.280. The molecule has 2 N–H and O–H groups in total. The second-order valence-electron chi connectivity index (χ2n) is 7.95. The van der Waals surface area contributed by atoms with E-state index in [4.69, 9.17) is 4.42 Å². The predicted molar refractivity (Wildman–Crippen MR) is 118 cm³/mol. The third-order valence-electron chi connectivity index (χ3n) is 5.83. The predicted octanol–water partition coefficient (Wildman–Crippen LogP) is 6.28. The zero-order valence-electron chi connectivity index (χ0n) is 17.4. The van der Waals surface area contributed by atoms with Crippen LogP contribution in [0.5, 0.6) is 0 Å². The summed E-state index contributed by atoms with van der Waals surface area (Å²) in [7, 11) is 0. The first-order valence-electron chi connectivity index (χ1n) is 10.6. The summed E-state index contributed by atoms with van der Waals surface area (Å²) in [6.45, 7) is 1.65. The van der Waals surface area contributed by atoms with Crippen molar-refractivity contribution in [3.05, 3.63) is 83.1 Å². The number of aryl methyl sites for hydroxylation is 1. The van der Waals surface area contributed by atoms with Gasteiger partial charge in [-0.1, -0.05) is 31.4 Å². The maximum atomic E-state index is 14.2. The number of hydrogen-bond donors (Lipinski definition) is 2. The molecular weight excluding hydrogens is 395 g/mol. The van der Waals surface area contributed by atoms with E-state index in [1.165, 1.54) is 68.2 Å². The quantitative estimate of drug-likeness (QED) is 0.510. The SMILES string of the molecule is Cc1occc1C(=O)Nc1cc(NC(=O)c2ccc(C3CCCCC3)cc2)ccc1F. The van der Waals surface area contributed by atoms with E-state index in [9.17, 15) is 14.0 Å². The van der Waals surface area contributed by atoms with Crippen LogP contribution in [0.25, 0.3) is 0 Å². The van der Waals surface area contributed by atoms with Crippen LogP contribution < -0.4 is 10.6 Å². The zero-order valence-corrected chi connectivity index (χ0v) is 17.4. The minimum atomic E-state index is -0.593. The van der Waals surface area contributed by atoms with Gasteiger partial charge in [-0.2, -0.15) is 0 Å². The highest BCUT2D eigenvalue weighted by Crippen LogP contribution is 2.32. The van der Waals surface area contributed by atoms with Crippen molar-refractivity contribution in [1.29, 1.82) is 0 Å². The van der Waals surface area contributed by atoms with Crippen LogP contribution in [0.2, 0.25) is 0 Å². The van der Waals surface area contributed by atoms with Crippen LogP contribution in [-0.2, 0) is 0 Å². The molecule has 1 fully saturated rings. The topological polar surface area (TPSA) is 71.3 Å². The average molecular weight is 420 g/mol. The molecule has 0 bridgehead atoms. The van der Waals surface area contributed by atoms with Crippen molar-refractivity contribution in [1.82, 2.24) is 0 Å². The highest BCUT2D eigenvalue weighted by molar-refractivity contribution is 6.06. The molecule has 0 radical (unpaired) electrons. The Morgan fingerprint density at radius 2 is 1.68 bits per heavy atom. The minimum absolute atomic E-state index is 0.0175. The fourth-order valence-electron chi connectivity index (χ4n) is 4.05. The van der Waals surface area contributed by atoms with Gasteiger partial charge in [-0.05, 0) is 67.6 Å². The molecule has 6 heteroatoms. The Bertz CT molecular complexity index is 1080. The van der Waals surface area contributed by atoms with Gasteiger partial charge in [0.05, 0.1) is 17.5 Å². The molecule has 1 aliphatic rings. The van der Waals surface area contributed by atoms with Crippen molar-refractivity contribution in [3.63, 3.8) is 0 Å². The van der Waals surface area contributed by atoms with E-state index in [1.807, 2.05) is 24.3 Å². The fourth-order valence-corrected chi connectivity index (χ4v) is 4.05. The average Bonchev–Trinajstić information content (AvgIpc) is 3.23. The summed E-state index contributed by atoms with van der Waals surface area (Å²) in [6.07, 6.45) is 7.63. The Morgan fingerprint density at radius 1 is 0.935 bits per heavy atom. The molecule has 0 aliphatic heterocycles. The van der Waals surface area contributed by atoms with Crippen molar-refractivity contribution < 1.29 is 18.4 Å². The van der Waals surface area contributed by atoms with E-state index < -0.39 is 11.7 Å². The highest BCUT2D eigenvalue weighted by atomic mass is 19.1. The molecule has 0 spiro atoms. The molecule has 4 rings (SSSR count). The first-order valence-corrected chi connectivity index (χ1v) is 10.6. The van der Waals surface area contributed by atoms with Crippen LogP contribution in [0.4, 0.5) is 15.8 Å². The largest absolute Gasteiger partial charge is 0.469 e. The summed E-state index contributed by atoms with van der Waals surface area (Å²) < 4.78 is 19.3. The van der Waals surface area contributed by atoms with Crippen LogP contribution in [0.3, 0.4) is 0 Å². The lowest BCUT2D eigenvalue weighted by Crippen LogP contribution is -2.15. The number of carbonyl (C=O) groups excluding carboxylic acids is 2. The smallest absolute Gasteiger partial charge is 0.259 e. The van der Waals surface area contributed by atoms with Gasteiger partial charge in [0.1, 0.15) is 11.6 Å². The van der Waals surface area contributed by atoms with E-state index in [0.717, 1.165) is 0 Å². The third kappa shape index (κ3) is 4.85. The van der Waals surface area contributed by atoms with Crippen molar-refractivity contribution in [2.24, 2.45) is 0 Å². The van der Waals surface area contributed by atoms with E-state index in [1.54, 1.807) is 6.92 Å². The van der Waals surface area contributed by atoms with Gasteiger partial charge >= 0.3 is 0 Å². The molecule has 1 saturated carbocycles. The number of furan rings is 1. The molecule has 1 aromatic heterocycles. The van der Waals surface area contributed by atoms with Crippen LogP contribution in [0, 0.1) is 12.7 Å². The number of carbonyl (C=O) groups is 2. The summed E-state index contributed by atoms with van der Waals surface area (Å²) in [5.41, 5.74) is 2.51. The maximum absolute atomic E-state index is 14.2. The molecule has 2 aromatic carbocycles. The van der Waals surface area contributed by atoms with Crippen molar-refractivity contribution in [3.8, 4) is 0 Å². The molecular formula is C25H25FN2O3. The van der Waals surface area contributed by atoms with Crippen molar-refractivity contribution in [2.75, 3.05) is 10.6 Å². The Hall–Kier alpha value is -3.41. The number of nitrogens with one attached hydrogen (secondary N) is 2. The van der Waals surface area contributed by atoms with Crippen molar-refractivity contribution in [2.45, 2.75) is 44.9 Å². The van der Waals surface area contributed by atoms with Crippen LogP contribution in [-0.4, -0.2) is 11.8 Å². The van der Waals surface area contributed by atoms with Crippen molar-refractivity contribution >= 4 is 23.2 Å². The number of rotatable bonds is 5. The first kappa shape index (κ1) is 20.8. The van der Waals surface area contributed by atoms with Gasteiger partial charge in [0, 0.05) is 11.3 Å². The van der Waals surface area contributed by atoms with Gasteiger partial charge < -0.3 is 15.1 Å². The molecule has 2 amide bonds. The van der Waals surface area contributed by atoms with Crippen LogP contribution in [0.1, 0.15) is 70.1 Å². The Labute approximate surface area is 180 Å². The number of halogens is 1. The molecule has 1 heterocycles. The Kier molecular flexibility index (Phi) is 6.16. The summed E-state index contributed by atoms with van der Waals surface area (Å²) in [5.74, 6) is -0.340. The lowest BCUT2D eigenvalue weighted by atomic mass is 9.84. The second-order valence-corrected chi connectivity index (χ2v) is 7.95. The van der Waals surface area contributed by atoms with Gasteiger partial charge in [0.2, 0.25) is 0 Å². The Morgan fingerprint density at radius 3 is 2.35 bits per heavy atom. The summed E-state index contributed by atoms with van der Waals surface area (Å²) in [6, 6.07) is 13.3. The van der Waals surface area contributed by atoms with Gasteiger partial charge in [-0.3, -0.25) is 9.59 Å². The van der Waals surface area contributed by atoms with Gasteiger partial charge in [0.25, 0.3) is 11.8 Å². The minimum Gasteiger partial charge on any atom is -0.469 e. The first-order chi connectivity index (χ1) is 15.0. The van der Waals surface area contributed by atoms with Gasteiger partial charge in [0.15, 0.2) is 0 Å². The van der Waals surface area contributed by atoms with Crippen LogP contribution in [0.15, 0.2) is 59.2 Å². The molecule has 31 heavy (non-hydrogen) atoms. The van der Waals surface area contributed by atoms with E-state index >= 15 is 0 Å². The number of hydrogen-bond acceptors (Lipinski definition) is 3. The monoisotopic (exact) mass is 420 g/mol. The standard InChI is InChI=1S/C25H25FN2O3/c1-16-21(13-14-31-16)25(30)28-23-15-20(11-12-22(23)26)27-24(29)19-9-7-18(8-10-19)17-5-3-2-4-6-17/h7-15,17H,2-6H2,1H3,(H,27,29)(H,28,30). The summed E-state index contributed by atoms with van der Waals surface area (Å²) in [5, 5.41) is 5.29. The molecule has 0 saturated heterocycles. The second kappa shape index (κ2) is 9.16. The normalized spacial score (nSPS) is 14.3. The molecule has 0 unspecified atom stereocenters. The lowest BCUT2D eigenvalue weighted by Gasteiger charge is -2.22. The molecule has 5 nitrogen and oxygen atoms in total. The molecule has 3 aromatic rings. The molecule has 1 aliphatic carbocycles. The van der Waals surface area contributed by atoms with Gasteiger partial charge in [-0.25, -0.2) is 4.39 Å². The lowest BCUT2D eigenvalue weighted by molar-refractivity contribution is 0.101. The highest BCUT2D eigenvalue weighted by Gasteiger charge is 2.17.